The highest BCUT2D eigenvalue weighted by Gasteiger charge is 2.47. The Kier molecular flexibility index (Phi) is 13.1. The molecule has 2 aliphatic rings. The van der Waals surface area contributed by atoms with Crippen LogP contribution in [0.5, 0.6) is 0 Å². The van der Waals surface area contributed by atoms with Gasteiger partial charge in [0.2, 0.25) is 5.91 Å². The third-order valence-electron chi connectivity index (χ3n) is 6.41. The minimum Gasteiger partial charge on any atom is -0.390 e. The lowest BCUT2D eigenvalue weighted by Gasteiger charge is -2.46. The van der Waals surface area contributed by atoms with Gasteiger partial charge in [-0.1, -0.05) is 0 Å². The number of nitrogens with one attached hydrogen (secondary N) is 2. The van der Waals surface area contributed by atoms with Crippen LogP contribution in [0.4, 0.5) is 0 Å². The Morgan fingerprint density at radius 2 is 1.76 bits per heavy atom. The van der Waals surface area contributed by atoms with Gasteiger partial charge in [0.25, 0.3) is 0 Å². The lowest BCUT2D eigenvalue weighted by Crippen LogP contribution is -2.66. The number of carbonyl (C=O) groups is 1. The van der Waals surface area contributed by atoms with Crippen LogP contribution >= 0.6 is 0 Å². The molecule has 2 rings (SSSR count). The summed E-state index contributed by atoms with van der Waals surface area (Å²) in [6.45, 7) is 4.57. The Balaban J connectivity index is 2.00. The fraction of sp³-hybridized carbons (Fsp3) is 0.955. The molecule has 1 saturated carbocycles. The van der Waals surface area contributed by atoms with E-state index in [0.29, 0.717) is 51.9 Å². The summed E-state index contributed by atoms with van der Waals surface area (Å²) in [7, 11) is 0. The molecule has 0 spiro atoms. The Hall–Kier alpha value is -0.930. The van der Waals surface area contributed by atoms with E-state index in [1.54, 1.807) is 6.92 Å². The number of hydrogen-bond donors (Lipinski definition) is 8. The van der Waals surface area contributed by atoms with E-state index >= 15 is 0 Å². The van der Waals surface area contributed by atoms with Gasteiger partial charge < -0.3 is 58.0 Å². The standard InChI is InChI=1S/C22H46N6O6/c1-13-17(29)12-15(26)22(33-13)34-20-14(25)11-16(28-18(30)5-4-7-24)21(19(20)31)32-10-9-27-8-3-2-6-23/h13-17,19-22,27,29,31H,2-12,23-26H2,1H3,(H,28,30). The number of unbranched alkanes of at least 4 members (excludes halogenated alkanes) is 1. The molecule has 2 fully saturated rings. The fourth-order valence-corrected chi connectivity index (χ4v) is 4.38. The van der Waals surface area contributed by atoms with Crippen LogP contribution in [0, 0.1) is 0 Å². The molecule has 0 aromatic carbocycles. The van der Waals surface area contributed by atoms with Crippen molar-refractivity contribution >= 4 is 5.91 Å². The second-order valence-electron chi connectivity index (χ2n) is 9.31. The van der Waals surface area contributed by atoms with Gasteiger partial charge >= 0.3 is 0 Å². The zero-order chi connectivity index (χ0) is 25.1. The van der Waals surface area contributed by atoms with Crippen molar-refractivity contribution in [1.82, 2.24) is 10.6 Å². The summed E-state index contributed by atoms with van der Waals surface area (Å²) >= 11 is 0. The zero-order valence-electron chi connectivity index (χ0n) is 20.3. The number of nitrogens with two attached hydrogens (primary N) is 4. The molecule has 200 valence electrons. The smallest absolute Gasteiger partial charge is 0.220 e. The van der Waals surface area contributed by atoms with E-state index in [-0.39, 0.29) is 5.91 Å². The molecule has 0 aromatic rings. The maximum Gasteiger partial charge on any atom is 0.220 e. The number of hydrogen-bond acceptors (Lipinski definition) is 11. The van der Waals surface area contributed by atoms with Gasteiger partial charge in [-0.3, -0.25) is 4.79 Å². The second kappa shape index (κ2) is 15.2. The Bertz CT molecular complexity index is 590. The molecule has 9 atom stereocenters. The van der Waals surface area contributed by atoms with E-state index in [9.17, 15) is 15.0 Å². The molecule has 34 heavy (non-hydrogen) atoms. The Morgan fingerprint density at radius 1 is 1.03 bits per heavy atom. The number of aliphatic hydroxyl groups is 2. The number of ether oxygens (including phenoxy) is 3. The summed E-state index contributed by atoms with van der Waals surface area (Å²) in [6, 6.07) is -1.62. The van der Waals surface area contributed by atoms with Gasteiger partial charge in [0, 0.05) is 19.0 Å². The number of carbonyl (C=O) groups excluding carboxylic acids is 1. The lowest BCUT2D eigenvalue weighted by atomic mass is 9.83. The van der Waals surface area contributed by atoms with Crippen molar-refractivity contribution in [1.29, 1.82) is 0 Å². The fourth-order valence-electron chi connectivity index (χ4n) is 4.38. The predicted molar refractivity (Wildman–Crippen MR) is 128 cm³/mol. The van der Waals surface area contributed by atoms with Crippen LogP contribution in [0.3, 0.4) is 0 Å². The summed E-state index contributed by atoms with van der Waals surface area (Å²) in [5.41, 5.74) is 23.5. The van der Waals surface area contributed by atoms with Crippen LogP contribution in [0.25, 0.3) is 0 Å². The molecule has 1 amide bonds. The SMILES string of the molecule is CC1OC(OC2C(N)CC(NC(=O)CCCN)C(OCCNCCCCN)C2O)C(N)CC1O. The molecule has 1 saturated heterocycles. The van der Waals surface area contributed by atoms with Gasteiger partial charge in [-0.2, -0.15) is 0 Å². The molecule has 1 aliphatic heterocycles. The highest BCUT2D eigenvalue weighted by atomic mass is 16.7. The normalized spacial score (nSPS) is 36.4. The van der Waals surface area contributed by atoms with Crippen LogP contribution < -0.4 is 33.6 Å². The molecule has 12 nitrogen and oxygen atoms in total. The first-order valence-electron chi connectivity index (χ1n) is 12.5. The van der Waals surface area contributed by atoms with E-state index in [4.69, 9.17) is 37.1 Å². The van der Waals surface area contributed by atoms with Gasteiger partial charge in [0.05, 0.1) is 30.9 Å². The highest BCUT2D eigenvalue weighted by Crippen LogP contribution is 2.28. The number of aliphatic hydroxyl groups excluding tert-OH is 2. The Morgan fingerprint density at radius 3 is 2.47 bits per heavy atom. The van der Waals surface area contributed by atoms with Crippen molar-refractivity contribution in [2.75, 3.05) is 32.8 Å². The van der Waals surface area contributed by atoms with E-state index in [2.05, 4.69) is 10.6 Å². The zero-order valence-corrected chi connectivity index (χ0v) is 20.3. The van der Waals surface area contributed by atoms with E-state index in [1.165, 1.54) is 0 Å². The van der Waals surface area contributed by atoms with Crippen molar-refractivity contribution in [3.8, 4) is 0 Å². The Labute approximate surface area is 202 Å². The molecule has 12 N–H and O–H groups in total. The average molecular weight is 491 g/mol. The second-order valence-corrected chi connectivity index (χ2v) is 9.31. The molecule has 1 heterocycles. The molecule has 1 aliphatic carbocycles. The van der Waals surface area contributed by atoms with Crippen molar-refractivity contribution in [3.05, 3.63) is 0 Å². The van der Waals surface area contributed by atoms with Crippen LogP contribution in [-0.2, 0) is 19.0 Å². The quantitative estimate of drug-likeness (QED) is 0.117. The van der Waals surface area contributed by atoms with E-state index < -0.39 is 54.9 Å². The minimum atomic E-state index is -1.11. The lowest BCUT2D eigenvalue weighted by molar-refractivity contribution is -0.269. The summed E-state index contributed by atoms with van der Waals surface area (Å²) in [4.78, 5) is 12.4. The van der Waals surface area contributed by atoms with Crippen LogP contribution in [0.1, 0.15) is 45.4 Å². The molecular weight excluding hydrogens is 444 g/mol. The first kappa shape index (κ1) is 29.3. The summed E-state index contributed by atoms with van der Waals surface area (Å²) in [5, 5.41) is 27.4. The maximum atomic E-state index is 12.4. The molecule has 9 unspecified atom stereocenters. The molecular formula is C22H46N6O6. The van der Waals surface area contributed by atoms with Gasteiger partial charge in [-0.05, 0) is 58.7 Å². The number of amides is 1. The van der Waals surface area contributed by atoms with Crippen LogP contribution in [-0.4, -0.2) is 104 Å². The topological polar surface area (TPSA) is 213 Å². The largest absolute Gasteiger partial charge is 0.390 e. The highest BCUT2D eigenvalue weighted by molar-refractivity contribution is 5.76. The molecule has 0 radical (unpaired) electrons. The third kappa shape index (κ3) is 8.94. The minimum absolute atomic E-state index is 0.164. The predicted octanol–water partition coefficient (Wildman–Crippen LogP) is -2.78. The van der Waals surface area contributed by atoms with Crippen LogP contribution in [0.15, 0.2) is 0 Å². The van der Waals surface area contributed by atoms with Crippen molar-refractivity contribution in [2.45, 2.75) is 100 Å². The molecule has 0 bridgehead atoms. The van der Waals surface area contributed by atoms with Gasteiger partial charge in [-0.15, -0.1) is 0 Å². The van der Waals surface area contributed by atoms with Crippen molar-refractivity contribution in [3.63, 3.8) is 0 Å². The van der Waals surface area contributed by atoms with Gasteiger partial charge in [-0.25, -0.2) is 0 Å². The van der Waals surface area contributed by atoms with Crippen LogP contribution in [0.2, 0.25) is 0 Å². The summed E-state index contributed by atoms with van der Waals surface area (Å²) in [6.07, 6.45) is -1.13. The van der Waals surface area contributed by atoms with Gasteiger partial charge in [0.15, 0.2) is 6.29 Å². The third-order valence-corrected chi connectivity index (χ3v) is 6.41. The van der Waals surface area contributed by atoms with Gasteiger partial charge in [0.1, 0.15) is 18.3 Å². The first-order valence-corrected chi connectivity index (χ1v) is 12.5. The molecule has 12 heteroatoms. The van der Waals surface area contributed by atoms with Crippen molar-refractivity contribution in [2.24, 2.45) is 22.9 Å². The monoisotopic (exact) mass is 490 g/mol. The number of rotatable bonds is 14. The first-order chi connectivity index (χ1) is 16.3. The maximum absolute atomic E-state index is 12.4. The average Bonchev–Trinajstić information content (AvgIpc) is 2.79. The van der Waals surface area contributed by atoms with Crippen molar-refractivity contribution < 1.29 is 29.2 Å². The summed E-state index contributed by atoms with van der Waals surface area (Å²) in [5.74, 6) is -0.164. The summed E-state index contributed by atoms with van der Waals surface area (Å²) < 4.78 is 17.8. The van der Waals surface area contributed by atoms with E-state index in [1.807, 2.05) is 0 Å². The van der Waals surface area contributed by atoms with E-state index in [0.717, 1.165) is 19.4 Å². The molecule has 0 aromatic heterocycles.